The van der Waals surface area contributed by atoms with Crippen LogP contribution in [0, 0.1) is 0 Å². The van der Waals surface area contributed by atoms with Crippen LogP contribution in [0.2, 0.25) is 0 Å². The maximum absolute atomic E-state index is 13.5. The third kappa shape index (κ3) is 7.52. The fraction of sp³-hybridized carbons (Fsp3) is 0.125. The predicted octanol–water partition coefficient (Wildman–Crippen LogP) is 6.85. The van der Waals surface area contributed by atoms with Gasteiger partial charge in [0.1, 0.15) is 11.6 Å². The van der Waals surface area contributed by atoms with Crippen LogP contribution >= 0.6 is 0 Å². The zero-order valence-electron chi connectivity index (χ0n) is 23.0. The Balaban J connectivity index is 1.58. The fourth-order valence-corrected chi connectivity index (χ4v) is 5.89. The highest BCUT2D eigenvalue weighted by Gasteiger charge is 2.35. The predicted molar refractivity (Wildman–Crippen MR) is 159 cm³/mol. The van der Waals surface area contributed by atoms with E-state index in [0.717, 1.165) is 24.3 Å². The second-order valence-corrected chi connectivity index (χ2v) is 11.4. The summed E-state index contributed by atoms with van der Waals surface area (Å²) in [5.41, 5.74) is 1.80. The van der Waals surface area contributed by atoms with Crippen LogP contribution in [0.1, 0.15) is 34.9 Å². The summed E-state index contributed by atoms with van der Waals surface area (Å²) >= 11 is 0. The normalized spacial score (nSPS) is 13.8. The van der Waals surface area contributed by atoms with Crippen molar-refractivity contribution in [3.05, 3.63) is 144 Å². The quantitative estimate of drug-likeness (QED) is 0.148. The molecule has 3 unspecified atom stereocenters. The molecular weight excluding hydrogens is 593 g/mol. The summed E-state index contributed by atoms with van der Waals surface area (Å²) in [6.07, 6.45) is -2.79. The van der Waals surface area contributed by atoms with Crippen LogP contribution in [-0.2, 0) is 10.0 Å². The minimum absolute atomic E-state index is 0.178. The highest BCUT2D eigenvalue weighted by atomic mass is 32.2. The minimum Gasteiger partial charge on any atom is -0.406 e. The zero-order chi connectivity index (χ0) is 31.2. The van der Waals surface area contributed by atoms with E-state index < -0.39 is 40.2 Å². The van der Waals surface area contributed by atoms with Crippen molar-refractivity contribution in [1.29, 1.82) is 0 Å². The summed E-state index contributed by atoms with van der Waals surface area (Å²) in [6, 6.07) is 29.4. The zero-order valence-corrected chi connectivity index (χ0v) is 23.8. The molecule has 44 heavy (non-hydrogen) atoms. The van der Waals surface area contributed by atoms with Gasteiger partial charge < -0.3 is 15.2 Å². The van der Waals surface area contributed by atoms with E-state index in [1.807, 2.05) is 18.2 Å². The molecule has 0 aliphatic heterocycles. The molecule has 226 valence electrons. The number of halogens is 3. The number of aliphatic hydroxyl groups excluding tert-OH is 1. The van der Waals surface area contributed by atoms with Gasteiger partial charge in [0.15, 0.2) is 0 Å². The maximum Gasteiger partial charge on any atom is 0.573 e. The molecular formula is C32H27F3N4O4S. The van der Waals surface area contributed by atoms with Crippen LogP contribution in [0.3, 0.4) is 0 Å². The van der Waals surface area contributed by atoms with Gasteiger partial charge in [-0.3, -0.25) is 9.71 Å². The number of benzene rings is 3. The van der Waals surface area contributed by atoms with Crippen molar-refractivity contribution in [1.82, 2.24) is 9.97 Å². The van der Waals surface area contributed by atoms with Gasteiger partial charge in [-0.05, 0) is 65.7 Å². The average molecular weight is 621 g/mol. The van der Waals surface area contributed by atoms with Crippen molar-refractivity contribution in [2.24, 2.45) is 0 Å². The Morgan fingerprint density at radius 3 is 2.02 bits per heavy atom. The number of pyridine rings is 2. The Hall–Kier alpha value is -4.94. The van der Waals surface area contributed by atoms with Gasteiger partial charge in [0.05, 0.1) is 28.6 Å². The third-order valence-corrected chi connectivity index (χ3v) is 8.13. The van der Waals surface area contributed by atoms with Crippen molar-refractivity contribution >= 4 is 21.5 Å². The number of para-hydroxylation sites is 1. The first-order chi connectivity index (χ1) is 21.1. The van der Waals surface area contributed by atoms with Gasteiger partial charge in [-0.1, -0.05) is 60.7 Å². The molecule has 0 amide bonds. The van der Waals surface area contributed by atoms with Gasteiger partial charge in [-0.15, -0.1) is 13.2 Å². The maximum atomic E-state index is 13.5. The summed E-state index contributed by atoms with van der Waals surface area (Å²) in [6.45, 7) is 0. The first-order valence-electron chi connectivity index (χ1n) is 13.4. The number of aliphatic hydroxyl groups is 1. The molecule has 8 nitrogen and oxygen atoms in total. The number of hydrogen-bond acceptors (Lipinski definition) is 7. The van der Waals surface area contributed by atoms with E-state index in [0.29, 0.717) is 22.6 Å². The highest BCUT2D eigenvalue weighted by molar-refractivity contribution is 7.92. The lowest BCUT2D eigenvalue weighted by molar-refractivity contribution is -0.274. The molecule has 5 rings (SSSR count). The number of sulfonamides is 1. The van der Waals surface area contributed by atoms with Crippen LogP contribution in [-0.4, -0.2) is 29.9 Å². The summed E-state index contributed by atoms with van der Waals surface area (Å²) in [4.78, 5) is 8.67. The van der Waals surface area contributed by atoms with Crippen molar-refractivity contribution in [3.63, 3.8) is 0 Å². The molecule has 2 aromatic heterocycles. The van der Waals surface area contributed by atoms with Crippen molar-refractivity contribution < 1.29 is 31.4 Å². The van der Waals surface area contributed by atoms with Gasteiger partial charge >= 0.3 is 6.36 Å². The van der Waals surface area contributed by atoms with E-state index in [1.54, 1.807) is 85.2 Å². The van der Waals surface area contributed by atoms with Crippen LogP contribution in [0.4, 0.5) is 24.7 Å². The number of ether oxygens (including phenoxy) is 1. The molecule has 3 aromatic carbocycles. The lowest BCUT2D eigenvalue weighted by atomic mass is 9.82. The number of nitrogens with zero attached hydrogens (tertiary/aromatic N) is 2. The molecule has 5 aromatic rings. The first-order valence-corrected chi connectivity index (χ1v) is 14.9. The van der Waals surface area contributed by atoms with Gasteiger partial charge in [0.2, 0.25) is 0 Å². The number of anilines is 2. The minimum atomic E-state index is -4.92. The number of aromatic nitrogens is 2. The topological polar surface area (TPSA) is 113 Å². The van der Waals surface area contributed by atoms with Gasteiger partial charge in [0, 0.05) is 18.1 Å². The third-order valence-electron chi connectivity index (χ3n) is 6.75. The Labute approximate surface area is 252 Å². The van der Waals surface area contributed by atoms with E-state index in [4.69, 9.17) is 0 Å². The molecule has 0 aliphatic carbocycles. The molecule has 3 atom stereocenters. The Morgan fingerprint density at radius 1 is 0.750 bits per heavy atom. The van der Waals surface area contributed by atoms with E-state index in [2.05, 4.69) is 24.7 Å². The molecule has 3 N–H and O–H groups in total. The lowest BCUT2D eigenvalue weighted by Gasteiger charge is -2.33. The molecule has 0 saturated carbocycles. The van der Waals surface area contributed by atoms with Crippen LogP contribution in [0.5, 0.6) is 5.75 Å². The molecule has 0 spiro atoms. The monoisotopic (exact) mass is 620 g/mol. The Bertz CT molecular complexity index is 1760. The Kier molecular flexibility index (Phi) is 9.12. The molecule has 2 heterocycles. The van der Waals surface area contributed by atoms with Gasteiger partial charge in [0.25, 0.3) is 10.0 Å². The smallest absolute Gasteiger partial charge is 0.406 e. The number of hydrogen-bond donors (Lipinski definition) is 3. The van der Waals surface area contributed by atoms with Crippen molar-refractivity contribution in [2.45, 2.75) is 29.3 Å². The van der Waals surface area contributed by atoms with Crippen LogP contribution < -0.4 is 14.8 Å². The summed E-state index contributed by atoms with van der Waals surface area (Å²) in [7, 11) is -4.27. The first kappa shape index (κ1) is 30.5. The lowest BCUT2D eigenvalue weighted by Crippen LogP contribution is -2.27. The SMILES string of the molecule is O=S(=O)(Nc1ccccc1C(Nc1ccccn1)C(c1ccccn1)C(O)c1ccccc1)c1ccc(OC(F)(F)F)cc1. The Morgan fingerprint density at radius 2 is 1.39 bits per heavy atom. The molecule has 12 heteroatoms. The molecule has 0 aliphatic rings. The molecule has 0 fully saturated rings. The van der Waals surface area contributed by atoms with Crippen LogP contribution in [0.25, 0.3) is 0 Å². The second-order valence-electron chi connectivity index (χ2n) is 9.68. The molecule has 0 radical (unpaired) electrons. The highest BCUT2D eigenvalue weighted by Crippen LogP contribution is 2.44. The number of rotatable bonds is 11. The van der Waals surface area contributed by atoms with Crippen LogP contribution in [0.15, 0.2) is 133 Å². The molecule has 0 saturated heterocycles. The van der Waals surface area contributed by atoms with Crippen molar-refractivity contribution in [2.75, 3.05) is 10.0 Å². The van der Waals surface area contributed by atoms with E-state index in [1.165, 1.54) is 0 Å². The summed E-state index contributed by atoms with van der Waals surface area (Å²) in [5.74, 6) is -0.828. The number of nitrogens with one attached hydrogen (secondary N) is 2. The van der Waals surface area contributed by atoms with E-state index >= 15 is 0 Å². The summed E-state index contributed by atoms with van der Waals surface area (Å²) < 4.78 is 71.2. The standard InChI is InChI=1S/C32H27F3N4O4S/c33-32(34,35)43-23-16-18-24(19-17-23)44(41,42)39-26-13-5-4-12-25(26)30(38-28-15-7-9-21-37-28)29(27-14-6-8-20-36-27)31(40)22-10-2-1-3-11-22/h1-21,29-31,39-40H,(H,37,38). The van der Waals surface area contributed by atoms with Crippen molar-refractivity contribution in [3.8, 4) is 5.75 Å². The van der Waals surface area contributed by atoms with Gasteiger partial charge in [-0.2, -0.15) is 0 Å². The average Bonchev–Trinajstić information content (AvgIpc) is 3.02. The molecule has 0 bridgehead atoms. The largest absolute Gasteiger partial charge is 0.573 e. The van der Waals surface area contributed by atoms with E-state index in [9.17, 15) is 26.7 Å². The van der Waals surface area contributed by atoms with Gasteiger partial charge in [-0.25, -0.2) is 13.4 Å². The summed E-state index contributed by atoms with van der Waals surface area (Å²) in [5, 5.41) is 15.2. The second kappa shape index (κ2) is 13.1. The van der Waals surface area contributed by atoms with E-state index in [-0.39, 0.29) is 10.6 Å². The fourth-order valence-electron chi connectivity index (χ4n) is 4.80. The number of alkyl halides is 3.